The van der Waals surface area contributed by atoms with E-state index in [1.165, 1.54) is 16.4 Å². The number of ether oxygens (including phenoxy) is 1. The van der Waals surface area contributed by atoms with Crippen molar-refractivity contribution >= 4 is 26.9 Å². The zero-order valence-electron chi connectivity index (χ0n) is 17.7. The van der Waals surface area contributed by atoms with Gasteiger partial charge in [0.05, 0.1) is 11.5 Å². The maximum Gasteiger partial charge on any atom is 0.323 e. The summed E-state index contributed by atoms with van der Waals surface area (Å²) in [6, 6.07) is 10.7. The van der Waals surface area contributed by atoms with Gasteiger partial charge in [-0.25, -0.2) is 12.8 Å². The average molecular weight is 461 g/mol. The minimum atomic E-state index is -3.62. The summed E-state index contributed by atoms with van der Waals surface area (Å²) >= 11 is 0. The van der Waals surface area contributed by atoms with Gasteiger partial charge in [0.1, 0.15) is 18.1 Å². The third kappa shape index (κ3) is 4.35. The molecule has 1 aromatic heterocycles. The van der Waals surface area contributed by atoms with Crippen molar-refractivity contribution in [1.82, 2.24) is 8.87 Å². The van der Waals surface area contributed by atoms with Gasteiger partial charge >= 0.3 is 5.97 Å². The van der Waals surface area contributed by atoms with Crippen LogP contribution in [0.2, 0.25) is 0 Å². The summed E-state index contributed by atoms with van der Waals surface area (Å²) in [5.41, 5.74) is 1.52. The second kappa shape index (κ2) is 8.91. The van der Waals surface area contributed by atoms with Gasteiger partial charge in [-0.1, -0.05) is 0 Å². The van der Waals surface area contributed by atoms with Gasteiger partial charge in [-0.05, 0) is 73.7 Å². The third-order valence-electron chi connectivity index (χ3n) is 5.85. The Morgan fingerprint density at radius 1 is 1.16 bits per heavy atom. The van der Waals surface area contributed by atoms with E-state index in [9.17, 15) is 22.7 Å². The van der Waals surface area contributed by atoms with Gasteiger partial charge in [-0.2, -0.15) is 4.31 Å². The van der Waals surface area contributed by atoms with Gasteiger partial charge in [0, 0.05) is 30.2 Å². The molecule has 0 saturated carbocycles. The number of halogens is 1. The molecule has 2 heterocycles. The predicted molar refractivity (Wildman–Crippen MR) is 118 cm³/mol. The molecule has 1 fully saturated rings. The Kier molecular flexibility index (Phi) is 6.21. The normalized spacial score (nSPS) is 15.8. The highest BCUT2D eigenvalue weighted by Crippen LogP contribution is 2.36. The number of carbonyl (C=O) groups is 1. The van der Waals surface area contributed by atoms with Crippen LogP contribution in [0.3, 0.4) is 0 Å². The lowest BCUT2D eigenvalue weighted by Crippen LogP contribution is -2.37. The molecule has 0 amide bonds. The summed E-state index contributed by atoms with van der Waals surface area (Å²) in [5.74, 6) is -0.729. The molecule has 1 N–H and O–H groups in total. The van der Waals surface area contributed by atoms with E-state index in [2.05, 4.69) is 0 Å². The smallest absolute Gasteiger partial charge is 0.323 e. The number of carboxylic acids is 1. The van der Waals surface area contributed by atoms with Crippen LogP contribution in [0.1, 0.15) is 31.2 Å². The van der Waals surface area contributed by atoms with Crippen molar-refractivity contribution in [2.75, 3.05) is 19.7 Å². The van der Waals surface area contributed by atoms with E-state index in [1.807, 2.05) is 6.92 Å². The highest BCUT2D eigenvalue weighted by molar-refractivity contribution is 7.89. The largest absolute Gasteiger partial charge is 0.494 e. The first-order valence-electron chi connectivity index (χ1n) is 10.5. The summed E-state index contributed by atoms with van der Waals surface area (Å²) in [6.07, 6.45) is 2.90. The minimum absolute atomic E-state index is 0.0149. The highest BCUT2D eigenvalue weighted by Gasteiger charge is 2.31. The second-order valence-electron chi connectivity index (χ2n) is 7.85. The first kappa shape index (κ1) is 22.3. The molecule has 1 aliphatic heterocycles. The van der Waals surface area contributed by atoms with E-state index in [1.54, 1.807) is 41.1 Å². The van der Waals surface area contributed by atoms with E-state index < -0.39 is 16.0 Å². The van der Waals surface area contributed by atoms with Crippen LogP contribution in [-0.4, -0.2) is 48.1 Å². The number of nitrogens with zero attached hydrogens (tertiary/aromatic N) is 2. The van der Waals surface area contributed by atoms with Crippen molar-refractivity contribution in [1.29, 1.82) is 0 Å². The lowest BCUT2D eigenvalue weighted by molar-refractivity contribution is -0.137. The molecule has 0 aliphatic carbocycles. The molecule has 4 rings (SSSR count). The fourth-order valence-electron chi connectivity index (χ4n) is 4.33. The Morgan fingerprint density at radius 3 is 2.47 bits per heavy atom. The number of hydrogen-bond donors (Lipinski definition) is 1. The lowest BCUT2D eigenvalue weighted by Gasteiger charge is -2.31. The lowest BCUT2D eigenvalue weighted by atomic mass is 9.90. The quantitative estimate of drug-likeness (QED) is 0.579. The van der Waals surface area contributed by atoms with E-state index in [4.69, 9.17) is 4.74 Å². The minimum Gasteiger partial charge on any atom is -0.494 e. The summed E-state index contributed by atoms with van der Waals surface area (Å²) in [6.45, 7) is 2.82. The molecule has 0 radical (unpaired) electrons. The number of aliphatic carboxylic acids is 1. The molecule has 7 nitrogen and oxygen atoms in total. The fourth-order valence-corrected chi connectivity index (χ4v) is 5.80. The number of aromatic nitrogens is 1. The summed E-state index contributed by atoms with van der Waals surface area (Å²) < 4.78 is 48.5. The molecule has 2 aromatic carbocycles. The number of benzene rings is 2. The Balaban J connectivity index is 1.54. The number of hydrogen-bond acceptors (Lipinski definition) is 4. The SMILES string of the molecule is CCOc1ccc(S(=O)(=O)N2CCC(c3cn(CC(=O)O)c4ccc(F)cc34)CC2)cc1. The van der Waals surface area contributed by atoms with Crippen LogP contribution < -0.4 is 4.74 Å². The Bertz CT molecular complexity index is 1230. The van der Waals surface area contributed by atoms with E-state index in [0.29, 0.717) is 49.2 Å². The van der Waals surface area contributed by atoms with Crippen molar-refractivity contribution < 1.29 is 27.4 Å². The second-order valence-corrected chi connectivity index (χ2v) is 9.79. The first-order chi connectivity index (χ1) is 15.3. The number of sulfonamides is 1. The molecular weight excluding hydrogens is 435 g/mol. The van der Waals surface area contributed by atoms with Crippen LogP contribution in [0, 0.1) is 5.82 Å². The summed E-state index contributed by atoms with van der Waals surface area (Å²) in [7, 11) is -3.62. The first-order valence-corrected chi connectivity index (χ1v) is 12.0. The summed E-state index contributed by atoms with van der Waals surface area (Å²) in [5, 5.41) is 9.88. The maximum atomic E-state index is 13.9. The molecule has 1 aliphatic rings. The molecule has 0 bridgehead atoms. The van der Waals surface area contributed by atoms with Gasteiger partial charge in [-0.3, -0.25) is 4.79 Å². The third-order valence-corrected chi connectivity index (χ3v) is 7.76. The monoisotopic (exact) mass is 460 g/mol. The van der Waals surface area contributed by atoms with Gasteiger partial charge < -0.3 is 14.4 Å². The summed E-state index contributed by atoms with van der Waals surface area (Å²) in [4.78, 5) is 11.5. The van der Waals surface area contributed by atoms with Crippen LogP contribution in [0.15, 0.2) is 53.6 Å². The zero-order valence-corrected chi connectivity index (χ0v) is 18.5. The number of piperidine rings is 1. The average Bonchev–Trinajstić information content (AvgIpc) is 3.11. The number of rotatable bonds is 7. The molecular formula is C23H25FN2O5S. The maximum absolute atomic E-state index is 13.9. The number of fused-ring (bicyclic) bond motifs is 1. The van der Waals surface area contributed by atoms with Crippen molar-refractivity contribution in [2.24, 2.45) is 0 Å². The Labute approximate surface area is 186 Å². The van der Waals surface area contributed by atoms with Crippen molar-refractivity contribution in [3.63, 3.8) is 0 Å². The van der Waals surface area contributed by atoms with Gasteiger partial charge in [0.25, 0.3) is 0 Å². The van der Waals surface area contributed by atoms with E-state index in [0.717, 1.165) is 5.56 Å². The van der Waals surface area contributed by atoms with Crippen molar-refractivity contribution in [2.45, 2.75) is 37.1 Å². The van der Waals surface area contributed by atoms with Crippen LogP contribution >= 0.6 is 0 Å². The molecule has 0 spiro atoms. The molecule has 1 saturated heterocycles. The van der Waals surface area contributed by atoms with Gasteiger partial charge in [-0.15, -0.1) is 0 Å². The topological polar surface area (TPSA) is 88.8 Å². The fraction of sp³-hybridized carbons (Fsp3) is 0.348. The molecule has 32 heavy (non-hydrogen) atoms. The molecule has 0 atom stereocenters. The standard InChI is InChI=1S/C23H25FN2O5S/c1-2-31-18-4-6-19(7-5-18)32(29,30)26-11-9-16(10-12-26)21-14-25(15-23(27)28)22-8-3-17(24)13-20(21)22/h3-8,13-14,16H,2,9-12,15H2,1H3,(H,27,28). The Morgan fingerprint density at radius 2 is 1.84 bits per heavy atom. The van der Waals surface area contributed by atoms with E-state index in [-0.39, 0.29) is 23.2 Å². The Hall–Kier alpha value is -2.91. The predicted octanol–water partition coefficient (Wildman–Crippen LogP) is 3.83. The number of carboxylic acid groups (broad SMARTS) is 1. The van der Waals surface area contributed by atoms with Crippen LogP contribution in [0.4, 0.5) is 4.39 Å². The molecule has 9 heteroatoms. The molecule has 0 unspecified atom stereocenters. The van der Waals surface area contributed by atoms with Gasteiger partial charge in [0.15, 0.2) is 0 Å². The van der Waals surface area contributed by atoms with Crippen LogP contribution in [0.5, 0.6) is 5.75 Å². The highest BCUT2D eigenvalue weighted by atomic mass is 32.2. The van der Waals surface area contributed by atoms with Crippen molar-refractivity contribution in [3.05, 3.63) is 60.0 Å². The zero-order chi connectivity index (χ0) is 22.9. The van der Waals surface area contributed by atoms with E-state index >= 15 is 0 Å². The van der Waals surface area contributed by atoms with Crippen molar-refractivity contribution in [3.8, 4) is 5.75 Å². The molecule has 170 valence electrons. The van der Waals surface area contributed by atoms with Gasteiger partial charge in [0.2, 0.25) is 10.0 Å². The van der Waals surface area contributed by atoms with Crippen LogP contribution in [0.25, 0.3) is 10.9 Å². The molecule has 3 aromatic rings. The van der Waals surface area contributed by atoms with Crippen LogP contribution in [-0.2, 0) is 21.4 Å².